The highest BCUT2D eigenvalue weighted by molar-refractivity contribution is 5.96. The molecule has 0 spiro atoms. The smallest absolute Gasteiger partial charge is 0.340 e. The van der Waals surface area contributed by atoms with E-state index < -0.39 is 55.6 Å². The van der Waals surface area contributed by atoms with Crippen LogP contribution >= 0.6 is 0 Å². The number of carbonyl (C=O) groups excluding carboxylic acids is 1. The molecule has 1 unspecified atom stereocenters. The number of alkyl halides is 6. The lowest BCUT2D eigenvalue weighted by molar-refractivity contribution is -0.148. The van der Waals surface area contributed by atoms with Gasteiger partial charge in [-0.3, -0.25) is 4.79 Å². The van der Waals surface area contributed by atoms with Gasteiger partial charge in [0.05, 0.1) is 5.56 Å². The minimum Gasteiger partial charge on any atom is -0.480 e. The lowest BCUT2D eigenvalue weighted by Crippen LogP contribution is -2.42. The van der Waals surface area contributed by atoms with Crippen LogP contribution in [0.5, 0.6) is 5.88 Å². The van der Waals surface area contributed by atoms with Crippen LogP contribution in [0.15, 0.2) is 18.3 Å². The number of hydrogen-bond donors (Lipinski definition) is 2. The number of aliphatic carboxylic acids is 1. The summed E-state index contributed by atoms with van der Waals surface area (Å²) in [5.74, 6) is -7.60. The molecular formula is C13H12F6N2O4. The molecule has 0 aliphatic carbocycles. The molecule has 1 rings (SSSR count). The number of ether oxygens (including phenoxy) is 1. The highest BCUT2D eigenvalue weighted by atomic mass is 19.3. The zero-order chi connectivity index (χ0) is 19.2. The number of carbonyl (C=O) groups is 2. The third-order valence-electron chi connectivity index (χ3n) is 2.75. The first kappa shape index (κ1) is 20.5. The molecule has 2 N–H and O–H groups in total. The molecule has 0 bridgehead atoms. The number of hydrogen-bond acceptors (Lipinski definition) is 4. The van der Waals surface area contributed by atoms with E-state index in [1.807, 2.05) is 5.32 Å². The van der Waals surface area contributed by atoms with Crippen molar-refractivity contribution in [2.24, 2.45) is 0 Å². The van der Waals surface area contributed by atoms with Gasteiger partial charge >= 0.3 is 18.3 Å². The summed E-state index contributed by atoms with van der Waals surface area (Å²) in [5.41, 5.74) is -0.270. The number of nitrogens with zero attached hydrogens (tertiary/aromatic N) is 1. The number of pyridine rings is 1. The summed E-state index contributed by atoms with van der Waals surface area (Å²) in [7, 11) is 0. The van der Waals surface area contributed by atoms with E-state index >= 15 is 0 Å². The van der Waals surface area contributed by atoms with E-state index in [2.05, 4.69) is 9.72 Å². The molecule has 1 atom stereocenters. The standard InChI is InChI=1S/C13H12F6N2O4/c14-8(15)3-7(11(23)24)21-10(22)6-1-2-9(20-4-6)25-5-13(18,19)12(16)17/h1-2,4,7-8,12H,3,5H2,(H,21,22)(H,23,24). The minimum atomic E-state index is -4.39. The Morgan fingerprint density at radius 1 is 1.24 bits per heavy atom. The van der Waals surface area contributed by atoms with Crippen LogP contribution in [0.2, 0.25) is 0 Å². The number of halogens is 6. The fourth-order valence-electron chi connectivity index (χ4n) is 1.47. The molecule has 140 valence electrons. The van der Waals surface area contributed by atoms with Gasteiger partial charge in [-0.25, -0.2) is 27.3 Å². The van der Waals surface area contributed by atoms with E-state index in [-0.39, 0.29) is 5.56 Å². The summed E-state index contributed by atoms with van der Waals surface area (Å²) < 4.78 is 78.1. The fraction of sp³-hybridized carbons (Fsp3) is 0.462. The molecule has 1 aromatic rings. The Bertz CT molecular complexity index is 597. The van der Waals surface area contributed by atoms with Crippen molar-refractivity contribution in [3.63, 3.8) is 0 Å². The van der Waals surface area contributed by atoms with Gasteiger partial charge in [-0.05, 0) is 6.07 Å². The molecule has 0 saturated heterocycles. The number of carboxylic acid groups (broad SMARTS) is 1. The average molecular weight is 374 g/mol. The van der Waals surface area contributed by atoms with Crippen LogP contribution in [0, 0.1) is 0 Å². The van der Waals surface area contributed by atoms with E-state index in [1.165, 1.54) is 0 Å². The Hall–Kier alpha value is -2.53. The molecule has 0 aliphatic heterocycles. The van der Waals surface area contributed by atoms with Gasteiger partial charge in [-0.2, -0.15) is 8.78 Å². The van der Waals surface area contributed by atoms with Crippen LogP contribution in [0.4, 0.5) is 26.3 Å². The van der Waals surface area contributed by atoms with Gasteiger partial charge in [-0.1, -0.05) is 0 Å². The Kier molecular flexibility index (Phi) is 7.00. The van der Waals surface area contributed by atoms with Gasteiger partial charge in [0.15, 0.2) is 6.61 Å². The van der Waals surface area contributed by atoms with E-state index in [0.717, 1.165) is 18.3 Å². The highest BCUT2D eigenvalue weighted by Crippen LogP contribution is 2.23. The number of amides is 1. The predicted molar refractivity (Wildman–Crippen MR) is 70.2 cm³/mol. The first-order valence-corrected chi connectivity index (χ1v) is 6.59. The summed E-state index contributed by atoms with van der Waals surface area (Å²) in [6.45, 7) is -1.64. The van der Waals surface area contributed by atoms with Gasteiger partial charge in [0.25, 0.3) is 5.91 Å². The van der Waals surface area contributed by atoms with Crippen molar-refractivity contribution >= 4 is 11.9 Å². The summed E-state index contributed by atoms with van der Waals surface area (Å²) in [5, 5.41) is 10.6. The van der Waals surface area contributed by atoms with Gasteiger partial charge in [0, 0.05) is 18.7 Å². The minimum absolute atomic E-state index is 0.270. The zero-order valence-corrected chi connectivity index (χ0v) is 12.3. The number of carboxylic acids is 1. The summed E-state index contributed by atoms with van der Waals surface area (Å²) in [6.07, 6.45) is -7.22. The van der Waals surface area contributed by atoms with E-state index in [1.54, 1.807) is 0 Å². The van der Waals surface area contributed by atoms with Crippen molar-refractivity contribution < 1.29 is 45.8 Å². The van der Waals surface area contributed by atoms with Crippen molar-refractivity contribution in [3.05, 3.63) is 23.9 Å². The molecular weight excluding hydrogens is 362 g/mol. The molecule has 12 heteroatoms. The maximum absolute atomic E-state index is 12.7. The second-order valence-corrected chi connectivity index (χ2v) is 4.73. The van der Waals surface area contributed by atoms with Crippen LogP contribution in [-0.4, -0.2) is 53.4 Å². The zero-order valence-electron chi connectivity index (χ0n) is 12.3. The summed E-state index contributed by atoms with van der Waals surface area (Å²) >= 11 is 0. The van der Waals surface area contributed by atoms with Crippen LogP contribution < -0.4 is 10.1 Å². The van der Waals surface area contributed by atoms with Gasteiger partial charge in [0.1, 0.15) is 6.04 Å². The molecule has 1 aromatic heterocycles. The molecule has 1 amide bonds. The fourth-order valence-corrected chi connectivity index (χ4v) is 1.47. The molecule has 0 fully saturated rings. The van der Waals surface area contributed by atoms with Crippen LogP contribution in [0.25, 0.3) is 0 Å². The molecule has 0 aliphatic rings. The Morgan fingerprint density at radius 3 is 2.32 bits per heavy atom. The second kappa shape index (κ2) is 8.53. The molecule has 0 radical (unpaired) electrons. The van der Waals surface area contributed by atoms with E-state index in [0.29, 0.717) is 0 Å². The highest BCUT2D eigenvalue weighted by Gasteiger charge is 2.41. The summed E-state index contributed by atoms with van der Waals surface area (Å²) in [6, 6.07) is 0.0342. The van der Waals surface area contributed by atoms with Gasteiger partial charge in [-0.15, -0.1) is 0 Å². The lowest BCUT2D eigenvalue weighted by atomic mass is 10.2. The number of nitrogens with one attached hydrogen (secondary N) is 1. The Balaban J connectivity index is 2.69. The van der Waals surface area contributed by atoms with Crippen LogP contribution in [-0.2, 0) is 4.79 Å². The normalized spacial score (nSPS) is 13.0. The van der Waals surface area contributed by atoms with Crippen molar-refractivity contribution in [3.8, 4) is 5.88 Å². The molecule has 0 aromatic carbocycles. The Labute approximate surface area is 136 Å². The SMILES string of the molecule is O=C(NC(CC(F)F)C(=O)O)c1ccc(OCC(F)(F)C(F)F)nc1. The van der Waals surface area contributed by atoms with E-state index in [4.69, 9.17) is 5.11 Å². The lowest BCUT2D eigenvalue weighted by Gasteiger charge is -2.16. The topological polar surface area (TPSA) is 88.5 Å². The van der Waals surface area contributed by atoms with Crippen molar-refractivity contribution in [1.29, 1.82) is 0 Å². The predicted octanol–water partition coefficient (Wildman–Crippen LogP) is 2.20. The third-order valence-corrected chi connectivity index (χ3v) is 2.75. The van der Waals surface area contributed by atoms with Gasteiger partial charge < -0.3 is 15.2 Å². The summed E-state index contributed by atoms with van der Waals surface area (Å²) in [4.78, 5) is 25.9. The largest absolute Gasteiger partial charge is 0.480 e. The van der Waals surface area contributed by atoms with Crippen LogP contribution in [0.1, 0.15) is 16.8 Å². The first-order valence-electron chi connectivity index (χ1n) is 6.59. The first-order chi connectivity index (χ1) is 11.5. The maximum atomic E-state index is 12.7. The van der Waals surface area contributed by atoms with E-state index in [9.17, 15) is 35.9 Å². The number of rotatable bonds is 9. The Morgan fingerprint density at radius 2 is 1.88 bits per heavy atom. The average Bonchev–Trinajstić information content (AvgIpc) is 2.52. The molecule has 25 heavy (non-hydrogen) atoms. The van der Waals surface area contributed by atoms with Gasteiger partial charge in [0.2, 0.25) is 12.3 Å². The van der Waals surface area contributed by atoms with Crippen molar-refractivity contribution in [2.75, 3.05) is 6.61 Å². The maximum Gasteiger partial charge on any atom is 0.340 e. The van der Waals surface area contributed by atoms with Crippen LogP contribution in [0.3, 0.4) is 0 Å². The molecule has 0 saturated carbocycles. The van der Waals surface area contributed by atoms with Crippen molar-refractivity contribution in [1.82, 2.24) is 10.3 Å². The second-order valence-electron chi connectivity index (χ2n) is 4.73. The number of aromatic nitrogens is 1. The third kappa shape index (κ3) is 6.47. The monoisotopic (exact) mass is 374 g/mol. The quantitative estimate of drug-likeness (QED) is 0.647. The molecule has 1 heterocycles. The molecule has 6 nitrogen and oxygen atoms in total. The van der Waals surface area contributed by atoms with Crippen molar-refractivity contribution in [2.45, 2.75) is 31.2 Å².